The molecule has 1 heterocycles. The van der Waals surface area contributed by atoms with Crippen LogP contribution in [0.1, 0.15) is 22.3 Å². The van der Waals surface area contributed by atoms with Crippen molar-refractivity contribution in [2.24, 2.45) is 0 Å². The van der Waals surface area contributed by atoms with Crippen LogP contribution in [0.2, 0.25) is 0 Å². The molecule has 1 aliphatic rings. The molecule has 14 rings (SSSR count). The first-order valence-corrected chi connectivity index (χ1v) is 23.7. The highest BCUT2D eigenvalue weighted by Crippen LogP contribution is 2.58. The highest BCUT2D eigenvalue weighted by molar-refractivity contribution is 6.21. The number of nitrogens with zero attached hydrogens (tertiary/aromatic N) is 1. The molecule has 1 aromatic heterocycles. The Kier molecular flexibility index (Phi) is 8.57. The maximum Gasteiger partial charge on any atom is 0.0714 e. The molecule has 13 aromatic rings. The predicted octanol–water partition coefficient (Wildman–Crippen LogP) is 17.6. The number of hydrogen-bond acceptors (Lipinski definition) is 0. The van der Waals surface area contributed by atoms with Gasteiger partial charge in [-0.25, -0.2) is 0 Å². The van der Waals surface area contributed by atoms with E-state index in [-0.39, 0.29) is 0 Å². The Morgan fingerprint density at radius 2 is 0.735 bits per heavy atom. The summed E-state index contributed by atoms with van der Waals surface area (Å²) in [4.78, 5) is 0. The maximum absolute atomic E-state index is 2.53. The van der Waals surface area contributed by atoms with Gasteiger partial charge in [0, 0.05) is 16.5 Å². The van der Waals surface area contributed by atoms with Crippen molar-refractivity contribution in [1.29, 1.82) is 0 Å². The molecule has 0 atom stereocenters. The molecule has 12 aromatic carbocycles. The Balaban J connectivity index is 1.02. The van der Waals surface area contributed by atoms with Crippen LogP contribution in [-0.4, -0.2) is 4.57 Å². The van der Waals surface area contributed by atoms with Crippen molar-refractivity contribution >= 4 is 54.1 Å². The van der Waals surface area contributed by atoms with Gasteiger partial charge in [0.25, 0.3) is 0 Å². The molecule has 1 heteroatoms. The van der Waals surface area contributed by atoms with Gasteiger partial charge in [0.05, 0.1) is 16.4 Å². The minimum Gasteiger partial charge on any atom is -0.309 e. The number of aromatic nitrogens is 1. The average molecular weight is 862 g/mol. The van der Waals surface area contributed by atoms with E-state index in [2.05, 4.69) is 265 Å². The molecule has 0 amide bonds. The van der Waals surface area contributed by atoms with Gasteiger partial charge in [0.15, 0.2) is 0 Å². The minimum absolute atomic E-state index is 0.614. The summed E-state index contributed by atoms with van der Waals surface area (Å²) in [6, 6.07) is 97.2. The third kappa shape index (κ3) is 5.63. The third-order valence-corrected chi connectivity index (χ3v) is 14.8. The fourth-order valence-corrected chi connectivity index (χ4v) is 11.9. The Hall–Kier alpha value is -8.78. The first-order valence-electron chi connectivity index (χ1n) is 23.7. The lowest BCUT2D eigenvalue weighted by atomic mass is 9.67. The van der Waals surface area contributed by atoms with Gasteiger partial charge in [-0.05, 0) is 142 Å². The van der Waals surface area contributed by atoms with Crippen molar-refractivity contribution in [1.82, 2.24) is 4.57 Å². The topological polar surface area (TPSA) is 4.93 Å². The fourth-order valence-electron chi connectivity index (χ4n) is 11.9. The van der Waals surface area contributed by atoms with Gasteiger partial charge in [0.1, 0.15) is 0 Å². The summed E-state index contributed by atoms with van der Waals surface area (Å²) < 4.78 is 2.48. The quantitative estimate of drug-likeness (QED) is 0.147. The second-order valence-corrected chi connectivity index (χ2v) is 18.3. The molecular weight excluding hydrogens is 819 g/mol. The zero-order valence-corrected chi connectivity index (χ0v) is 37.3. The molecule has 68 heavy (non-hydrogen) atoms. The van der Waals surface area contributed by atoms with Crippen molar-refractivity contribution in [2.75, 3.05) is 0 Å². The number of rotatable bonds is 6. The van der Waals surface area contributed by atoms with Crippen LogP contribution in [0, 0.1) is 0 Å². The zero-order valence-electron chi connectivity index (χ0n) is 37.3. The van der Waals surface area contributed by atoms with Gasteiger partial charge in [0.2, 0.25) is 0 Å². The Bertz CT molecular complexity index is 4030. The molecule has 0 spiro atoms. The summed E-state index contributed by atoms with van der Waals surface area (Å²) in [6.45, 7) is 0. The lowest BCUT2D eigenvalue weighted by Gasteiger charge is -2.34. The molecule has 316 valence electrons. The molecule has 1 aliphatic carbocycles. The number of benzene rings is 12. The number of hydrogen-bond donors (Lipinski definition) is 0. The van der Waals surface area contributed by atoms with E-state index in [0.717, 1.165) is 5.69 Å². The predicted molar refractivity (Wildman–Crippen MR) is 287 cm³/mol. The van der Waals surface area contributed by atoms with Crippen molar-refractivity contribution in [3.8, 4) is 50.2 Å². The van der Waals surface area contributed by atoms with E-state index < -0.39 is 5.41 Å². The molecule has 0 saturated carbocycles. The second-order valence-electron chi connectivity index (χ2n) is 18.3. The van der Waals surface area contributed by atoms with Crippen molar-refractivity contribution < 1.29 is 0 Å². The van der Waals surface area contributed by atoms with Crippen molar-refractivity contribution in [2.45, 2.75) is 5.41 Å². The standard InChI is InChI=1S/C67H43N/c1-4-19-45(20-5-1)65-56-27-12-14-29-58(56)66(59-30-15-13-28-57(59)65)49-34-37-53-54-38-36-52(43-62(54)67(61(53)42-49,50-22-6-2-7-23-50)51-24-8-3-9-25-51)68-63-31-17-16-26-55(63)60-41-48(35-39-64(60)68)47-33-32-44-18-10-11-21-46(44)40-47/h1-43H. The van der Waals surface area contributed by atoms with E-state index in [0.29, 0.717) is 0 Å². The molecular formula is C67H43N. The third-order valence-electron chi connectivity index (χ3n) is 14.8. The molecule has 0 N–H and O–H groups in total. The Morgan fingerprint density at radius 3 is 1.40 bits per heavy atom. The van der Waals surface area contributed by atoms with Gasteiger partial charge >= 0.3 is 0 Å². The van der Waals surface area contributed by atoms with E-state index in [1.54, 1.807) is 0 Å². The average Bonchev–Trinajstić information content (AvgIpc) is 3.90. The first kappa shape index (κ1) is 38.5. The normalized spacial score (nSPS) is 12.8. The summed E-state index contributed by atoms with van der Waals surface area (Å²) >= 11 is 0. The maximum atomic E-state index is 2.53. The summed E-state index contributed by atoms with van der Waals surface area (Å²) in [7, 11) is 0. The summed E-state index contributed by atoms with van der Waals surface area (Å²) in [5, 5.41) is 10.0. The summed E-state index contributed by atoms with van der Waals surface area (Å²) in [5.74, 6) is 0. The molecule has 0 aliphatic heterocycles. The molecule has 0 radical (unpaired) electrons. The SMILES string of the molecule is c1ccc(-c2c3ccccc3c(-c3ccc4c(c3)C(c3ccccc3)(c3ccccc3)c3cc(-n5c6ccccc6c6cc(-c7ccc8ccccc8c7)ccc65)ccc3-4)c3ccccc23)cc1. The van der Waals surface area contributed by atoms with E-state index in [1.165, 1.54) is 121 Å². The lowest BCUT2D eigenvalue weighted by Crippen LogP contribution is -2.28. The summed E-state index contributed by atoms with van der Waals surface area (Å²) in [5.41, 5.74) is 17.9. The van der Waals surface area contributed by atoms with Crippen molar-refractivity contribution in [3.05, 3.63) is 283 Å². The molecule has 0 unspecified atom stereocenters. The van der Waals surface area contributed by atoms with E-state index >= 15 is 0 Å². The number of fused-ring (bicyclic) bond motifs is 9. The van der Waals surface area contributed by atoms with E-state index in [1.807, 2.05) is 0 Å². The highest BCUT2D eigenvalue weighted by Gasteiger charge is 2.46. The van der Waals surface area contributed by atoms with Gasteiger partial charge in [-0.3, -0.25) is 0 Å². The first-order chi connectivity index (χ1) is 33.7. The smallest absolute Gasteiger partial charge is 0.0714 e. The Morgan fingerprint density at radius 1 is 0.265 bits per heavy atom. The minimum atomic E-state index is -0.614. The lowest BCUT2D eigenvalue weighted by molar-refractivity contribution is 0.768. The number of para-hydroxylation sites is 1. The van der Waals surface area contributed by atoms with Gasteiger partial charge in [-0.2, -0.15) is 0 Å². The monoisotopic (exact) mass is 861 g/mol. The van der Waals surface area contributed by atoms with Gasteiger partial charge in [-0.15, -0.1) is 0 Å². The van der Waals surface area contributed by atoms with Crippen LogP contribution in [0.15, 0.2) is 261 Å². The second kappa shape index (κ2) is 15.1. The largest absolute Gasteiger partial charge is 0.309 e. The van der Waals surface area contributed by atoms with Gasteiger partial charge < -0.3 is 4.57 Å². The molecule has 1 nitrogen and oxygen atoms in total. The van der Waals surface area contributed by atoms with Crippen LogP contribution in [0.3, 0.4) is 0 Å². The molecule has 0 saturated heterocycles. The summed E-state index contributed by atoms with van der Waals surface area (Å²) in [6.07, 6.45) is 0. The molecule has 0 bridgehead atoms. The van der Waals surface area contributed by atoms with E-state index in [9.17, 15) is 0 Å². The zero-order chi connectivity index (χ0) is 44.8. The van der Waals surface area contributed by atoms with Crippen LogP contribution < -0.4 is 0 Å². The van der Waals surface area contributed by atoms with Gasteiger partial charge in [-0.1, -0.05) is 218 Å². The Labute approximate surface area is 395 Å². The highest BCUT2D eigenvalue weighted by atomic mass is 15.0. The molecule has 0 fully saturated rings. The fraction of sp³-hybridized carbons (Fsp3) is 0.0149. The van der Waals surface area contributed by atoms with Crippen LogP contribution >= 0.6 is 0 Å². The van der Waals surface area contributed by atoms with Crippen LogP contribution in [-0.2, 0) is 5.41 Å². The van der Waals surface area contributed by atoms with Crippen LogP contribution in [0.4, 0.5) is 0 Å². The van der Waals surface area contributed by atoms with Crippen LogP contribution in [0.25, 0.3) is 104 Å². The van der Waals surface area contributed by atoms with Crippen molar-refractivity contribution in [3.63, 3.8) is 0 Å². The van der Waals surface area contributed by atoms with E-state index in [4.69, 9.17) is 0 Å². The van der Waals surface area contributed by atoms with Crippen LogP contribution in [0.5, 0.6) is 0 Å².